The van der Waals surface area contributed by atoms with Crippen LogP contribution in [0, 0.1) is 5.92 Å². The first-order valence-corrected chi connectivity index (χ1v) is 7.08. The van der Waals surface area contributed by atoms with Crippen LogP contribution in [0.25, 0.3) is 0 Å². The molecule has 0 radical (unpaired) electrons. The summed E-state index contributed by atoms with van der Waals surface area (Å²) in [6.07, 6.45) is 1.02. The number of alkyl halides is 1. The van der Waals surface area contributed by atoms with E-state index in [1.54, 1.807) is 7.11 Å². The van der Waals surface area contributed by atoms with Gasteiger partial charge < -0.3 is 9.64 Å². The highest BCUT2D eigenvalue weighted by atomic mass is 35.5. The van der Waals surface area contributed by atoms with Crippen LogP contribution < -0.4 is 4.74 Å². The van der Waals surface area contributed by atoms with Crippen molar-refractivity contribution in [3.63, 3.8) is 0 Å². The Bertz CT molecular complexity index is 407. The summed E-state index contributed by atoms with van der Waals surface area (Å²) in [4.78, 5) is 15.0. The SMILES string of the molecule is COc1ccsc1C(=O)N1CCC(C)C1CCl. The lowest BCUT2D eigenvalue weighted by atomic mass is 10.1. The second kappa shape index (κ2) is 5.27. The number of nitrogens with zero attached hydrogens (tertiary/aromatic N) is 1. The van der Waals surface area contributed by atoms with Crippen molar-refractivity contribution in [2.45, 2.75) is 19.4 Å². The number of ether oxygens (including phenoxy) is 1. The Hall–Kier alpha value is -0.740. The molecule has 1 amide bonds. The second-order valence-electron chi connectivity index (χ2n) is 4.30. The van der Waals surface area contributed by atoms with Gasteiger partial charge in [0, 0.05) is 18.5 Å². The normalized spacial score (nSPS) is 24.1. The largest absolute Gasteiger partial charge is 0.495 e. The minimum absolute atomic E-state index is 0.0480. The highest BCUT2D eigenvalue weighted by Crippen LogP contribution is 2.31. The summed E-state index contributed by atoms with van der Waals surface area (Å²) in [5, 5.41) is 1.88. The molecular weight excluding hydrogens is 258 g/mol. The summed E-state index contributed by atoms with van der Waals surface area (Å²) in [6.45, 7) is 2.93. The van der Waals surface area contributed by atoms with Gasteiger partial charge in [-0.3, -0.25) is 4.79 Å². The van der Waals surface area contributed by atoms with E-state index in [1.807, 2.05) is 16.3 Å². The van der Waals surface area contributed by atoms with Crippen LogP contribution in [0.3, 0.4) is 0 Å². The quantitative estimate of drug-likeness (QED) is 0.793. The Morgan fingerprint density at radius 2 is 2.47 bits per heavy atom. The molecule has 2 atom stereocenters. The summed E-state index contributed by atoms with van der Waals surface area (Å²) in [5.74, 6) is 1.68. The Morgan fingerprint density at radius 3 is 3.12 bits per heavy atom. The maximum atomic E-state index is 12.4. The monoisotopic (exact) mass is 273 g/mol. The molecule has 0 aromatic carbocycles. The van der Waals surface area contributed by atoms with E-state index in [4.69, 9.17) is 16.3 Å². The fourth-order valence-electron chi connectivity index (χ4n) is 2.24. The van der Waals surface area contributed by atoms with Crippen molar-refractivity contribution in [2.24, 2.45) is 5.92 Å². The summed E-state index contributed by atoms with van der Waals surface area (Å²) in [6, 6.07) is 1.98. The molecule has 0 bridgehead atoms. The maximum absolute atomic E-state index is 12.4. The molecule has 1 saturated heterocycles. The highest BCUT2D eigenvalue weighted by molar-refractivity contribution is 7.12. The van der Waals surface area contributed by atoms with Crippen molar-refractivity contribution in [1.82, 2.24) is 4.90 Å². The van der Waals surface area contributed by atoms with E-state index in [-0.39, 0.29) is 11.9 Å². The number of likely N-dealkylation sites (tertiary alicyclic amines) is 1. The van der Waals surface area contributed by atoms with E-state index >= 15 is 0 Å². The predicted octanol–water partition coefficient (Wildman–Crippen LogP) is 2.85. The second-order valence-corrected chi connectivity index (χ2v) is 5.53. The van der Waals surface area contributed by atoms with E-state index in [9.17, 15) is 4.79 Å². The van der Waals surface area contributed by atoms with Crippen molar-refractivity contribution in [3.8, 4) is 5.75 Å². The van der Waals surface area contributed by atoms with Crippen molar-refractivity contribution < 1.29 is 9.53 Å². The Balaban J connectivity index is 2.20. The molecule has 94 valence electrons. The first-order valence-electron chi connectivity index (χ1n) is 5.67. The zero-order valence-electron chi connectivity index (χ0n) is 9.98. The molecule has 2 unspecified atom stereocenters. The molecule has 0 spiro atoms. The predicted molar refractivity (Wildman–Crippen MR) is 70.2 cm³/mol. The summed E-state index contributed by atoms with van der Waals surface area (Å²) in [5.41, 5.74) is 0. The number of amides is 1. The van der Waals surface area contributed by atoms with Crippen LogP contribution in [-0.2, 0) is 0 Å². The minimum atomic E-state index is 0.0480. The van der Waals surface area contributed by atoms with E-state index in [0.29, 0.717) is 22.4 Å². The molecule has 1 fully saturated rings. The average Bonchev–Trinajstić information content (AvgIpc) is 2.93. The molecule has 1 aromatic heterocycles. The molecule has 1 aliphatic heterocycles. The number of hydrogen-bond acceptors (Lipinski definition) is 3. The Labute approximate surface area is 110 Å². The van der Waals surface area contributed by atoms with Gasteiger partial charge in [0.05, 0.1) is 7.11 Å². The van der Waals surface area contributed by atoms with E-state index < -0.39 is 0 Å². The molecule has 2 rings (SSSR count). The van der Waals surface area contributed by atoms with Gasteiger partial charge in [0.25, 0.3) is 5.91 Å². The smallest absolute Gasteiger partial charge is 0.268 e. The lowest BCUT2D eigenvalue weighted by Gasteiger charge is -2.24. The summed E-state index contributed by atoms with van der Waals surface area (Å²) < 4.78 is 5.19. The number of carbonyl (C=O) groups excluding carboxylic acids is 1. The first kappa shape index (κ1) is 12.7. The summed E-state index contributed by atoms with van der Waals surface area (Å²) in [7, 11) is 1.59. The van der Waals surface area contributed by atoms with Gasteiger partial charge in [-0.05, 0) is 23.8 Å². The molecule has 0 aliphatic carbocycles. The average molecular weight is 274 g/mol. The van der Waals surface area contributed by atoms with Gasteiger partial charge >= 0.3 is 0 Å². The molecule has 0 N–H and O–H groups in total. The first-order chi connectivity index (χ1) is 8.19. The zero-order chi connectivity index (χ0) is 12.4. The number of halogens is 1. The van der Waals surface area contributed by atoms with E-state index in [1.165, 1.54) is 11.3 Å². The third-order valence-electron chi connectivity index (χ3n) is 3.34. The van der Waals surface area contributed by atoms with Crippen LogP contribution in [-0.4, -0.2) is 36.4 Å². The van der Waals surface area contributed by atoms with Crippen molar-refractivity contribution >= 4 is 28.8 Å². The lowest BCUT2D eigenvalue weighted by molar-refractivity contribution is 0.0739. The topological polar surface area (TPSA) is 29.5 Å². The minimum Gasteiger partial charge on any atom is -0.495 e. The number of rotatable bonds is 3. The van der Waals surface area contributed by atoms with Crippen LogP contribution >= 0.6 is 22.9 Å². The number of thiophene rings is 1. The molecule has 0 saturated carbocycles. The lowest BCUT2D eigenvalue weighted by Crippen LogP contribution is -2.38. The van der Waals surface area contributed by atoms with Gasteiger partial charge in [-0.25, -0.2) is 0 Å². The molecule has 1 aliphatic rings. The van der Waals surface area contributed by atoms with Crippen LogP contribution in [0.4, 0.5) is 0 Å². The Kier molecular flexibility index (Phi) is 3.94. The van der Waals surface area contributed by atoms with Gasteiger partial charge in [0.2, 0.25) is 0 Å². The maximum Gasteiger partial charge on any atom is 0.268 e. The van der Waals surface area contributed by atoms with E-state index in [2.05, 4.69) is 6.92 Å². The van der Waals surface area contributed by atoms with Gasteiger partial charge in [0.15, 0.2) is 0 Å². The fraction of sp³-hybridized carbons (Fsp3) is 0.583. The third kappa shape index (κ3) is 2.29. The number of methoxy groups -OCH3 is 1. The van der Waals surface area contributed by atoms with Gasteiger partial charge in [-0.2, -0.15) is 0 Å². The molecular formula is C12H16ClNO2S. The zero-order valence-corrected chi connectivity index (χ0v) is 11.6. The van der Waals surface area contributed by atoms with Crippen LogP contribution in [0.1, 0.15) is 23.0 Å². The molecule has 5 heteroatoms. The number of hydrogen-bond donors (Lipinski definition) is 0. The molecule has 17 heavy (non-hydrogen) atoms. The van der Waals surface area contributed by atoms with Crippen LogP contribution in [0.2, 0.25) is 0 Å². The van der Waals surface area contributed by atoms with Crippen molar-refractivity contribution in [2.75, 3.05) is 19.5 Å². The summed E-state index contributed by atoms with van der Waals surface area (Å²) >= 11 is 7.38. The molecule has 1 aromatic rings. The number of carbonyl (C=O) groups is 1. The van der Waals surface area contributed by atoms with Gasteiger partial charge in [-0.1, -0.05) is 6.92 Å². The van der Waals surface area contributed by atoms with Crippen LogP contribution in [0.15, 0.2) is 11.4 Å². The molecule has 3 nitrogen and oxygen atoms in total. The van der Waals surface area contributed by atoms with Crippen molar-refractivity contribution in [3.05, 3.63) is 16.3 Å². The third-order valence-corrected chi connectivity index (χ3v) is 4.54. The van der Waals surface area contributed by atoms with E-state index in [0.717, 1.165) is 13.0 Å². The van der Waals surface area contributed by atoms with Crippen LogP contribution in [0.5, 0.6) is 5.75 Å². The fourth-order valence-corrected chi connectivity index (χ4v) is 3.52. The molecule has 2 heterocycles. The standard InChI is InChI=1S/C12H16ClNO2S/c1-8-3-5-14(9(8)7-13)12(15)11-10(16-2)4-6-17-11/h4,6,8-9H,3,5,7H2,1-2H3. The van der Waals surface area contributed by atoms with Crippen molar-refractivity contribution in [1.29, 1.82) is 0 Å². The highest BCUT2D eigenvalue weighted by Gasteiger charge is 2.35. The van der Waals surface area contributed by atoms with Gasteiger partial charge in [-0.15, -0.1) is 22.9 Å². The Morgan fingerprint density at radius 1 is 1.71 bits per heavy atom. The van der Waals surface area contributed by atoms with Gasteiger partial charge in [0.1, 0.15) is 10.6 Å².